The standard InChI is InChI=1S/C10H12N6O2/c1-6(10-12-5-13-15-10)14-7-2-3-9(16(17)18)8(11)4-7/h2-6,14H,11H2,1H3,(H,12,13,15). The first-order valence-electron chi connectivity index (χ1n) is 5.23. The van der Waals surface area contributed by atoms with E-state index in [1.54, 1.807) is 6.07 Å². The van der Waals surface area contributed by atoms with Gasteiger partial charge in [0, 0.05) is 11.8 Å². The van der Waals surface area contributed by atoms with Gasteiger partial charge in [0.1, 0.15) is 17.8 Å². The molecule has 0 bridgehead atoms. The third kappa shape index (κ3) is 2.37. The Kier molecular flexibility index (Phi) is 3.09. The van der Waals surface area contributed by atoms with Crippen LogP contribution in [0.4, 0.5) is 17.1 Å². The quantitative estimate of drug-likeness (QED) is 0.427. The summed E-state index contributed by atoms with van der Waals surface area (Å²) in [6.45, 7) is 1.89. The van der Waals surface area contributed by atoms with Crippen molar-refractivity contribution in [2.75, 3.05) is 11.1 Å². The first-order valence-corrected chi connectivity index (χ1v) is 5.23. The summed E-state index contributed by atoms with van der Waals surface area (Å²) < 4.78 is 0. The fourth-order valence-electron chi connectivity index (χ4n) is 1.55. The van der Waals surface area contributed by atoms with Crippen LogP contribution in [-0.4, -0.2) is 20.1 Å². The third-order valence-electron chi connectivity index (χ3n) is 2.45. The number of aromatic amines is 1. The number of nitrogens with two attached hydrogens (primary N) is 1. The zero-order valence-corrected chi connectivity index (χ0v) is 9.62. The Hall–Kier alpha value is -2.64. The van der Waals surface area contributed by atoms with Crippen molar-refractivity contribution in [3.63, 3.8) is 0 Å². The molecule has 0 amide bonds. The van der Waals surface area contributed by atoms with Gasteiger partial charge in [0.25, 0.3) is 5.69 Å². The van der Waals surface area contributed by atoms with Gasteiger partial charge in [-0.25, -0.2) is 4.98 Å². The number of H-pyrrole nitrogens is 1. The summed E-state index contributed by atoms with van der Waals surface area (Å²) in [5.41, 5.74) is 6.30. The van der Waals surface area contributed by atoms with Crippen LogP contribution in [0.5, 0.6) is 0 Å². The highest BCUT2D eigenvalue weighted by atomic mass is 16.6. The number of hydrogen-bond acceptors (Lipinski definition) is 6. The molecule has 0 aliphatic rings. The van der Waals surface area contributed by atoms with Crippen molar-refractivity contribution in [1.29, 1.82) is 0 Å². The molecule has 0 saturated carbocycles. The Morgan fingerprint density at radius 2 is 2.33 bits per heavy atom. The molecule has 0 fully saturated rings. The number of rotatable bonds is 4. The number of benzene rings is 1. The molecule has 0 radical (unpaired) electrons. The van der Waals surface area contributed by atoms with Crippen LogP contribution >= 0.6 is 0 Å². The van der Waals surface area contributed by atoms with Crippen molar-refractivity contribution >= 4 is 17.1 Å². The van der Waals surface area contributed by atoms with Gasteiger partial charge in [-0.1, -0.05) is 0 Å². The van der Waals surface area contributed by atoms with E-state index in [1.165, 1.54) is 18.5 Å². The Morgan fingerprint density at radius 1 is 1.56 bits per heavy atom. The zero-order valence-electron chi connectivity index (χ0n) is 9.62. The lowest BCUT2D eigenvalue weighted by molar-refractivity contribution is -0.383. The number of anilines is 2. The Bertz CT molecular complexity index is 554. The van der Waals surface area contributed by atoms with Crippen molar-refractivity contribution in [2.24, 2.45) is 0 Å². The number of nitrogens with one attached hydrogen (secondary N) is 2. The summed E-state index contributed by atoms with van der Waals surface area (Å²) in [5.74, 6) is 0.673. The Morgan fingerprint density at radius 3 is 2.89 bits per heavy atom. The van der Waals surface area contributed by atoms with Crippen LogP contribution in [0.2, 0.25) is 0 Å². The fourth-order valence-corrected chi connectivity index (χ4v) is 1.55. The minimum absolute atomic E-state index is 0.103. The second kappa shape index (κ2) is 4.70. The molecule has 1 atom stereocenters. The topological polar surface area (TPSA) is 123 Å². The van der Waals surface area contributed by atoms with E-state index in [4.69, 9.17) is 5.73 Å². The maximum absolute atomic E-state index is 10.6. The Balaban J connectivity index is 2.15. The fraction of sp³-hybridized carbons (Fsp3) is 0.200. The summed E-state index contributed by atoms with van der Waals surface area (Å²) in [6, 6.07) is 4.38. The molecule has 0 spiro atoms. The van der Waals surface area contributed by atoms with E-state index in [9.17, 15) is 10.1 Å². The minimum Gasteiger partial charge on any atom is -0.393 e. The molecule has 1 heterocycles. The largest absolute Gasteiger partial charge is 0.393 e. The number of nitro groups is 1. The van der Waals surface area contributed by atoms with Crippen LogP contribution in [0.3, 0.4) is 0 Å². The molecule has 0 aliphatic heterocycles. The average molecular weight is 248 g/mol. The molecular formula is C10H12N6O2. The maximum atomic E-state index is 10.6. The second-order valence-electron chi connectivity index (χ2n) is 3.77. The molecule has 8 nitrogen and oxygen atoms in total. The third-order valence-corrected chi connectivity index (χ3v) is 2.45. The first kappa shape index (κ1) is 11.8. The van der Waals surface area contributed by atoms with Crippen LogP contribution in [-0.2, 0) is 0 Å². The van der Waals surface area contributed by atoms with E-state index >= 15 is 0 Å². The van der Waals surface area contributed by atoms with Crippen molar-refractivity contribution in [1.82, 2.24) is 15.2 Å². The molecule has 1 aromatic heterocycles. The predicted octanol–water partition coefficient (Wildman–Crippen LogP) is 1.47. The van der Waals surface area contributed by atoms with Gasteiger partial charge in [-0.3, -0.25) is 15.2 Å². The highest BCUT2D eigenvalue weighted by Crippen LogP contribution is 2.26. The SMILES string of the molecule is CC(Nc1ccc([N+](=O)[O-])c(N)c1)c1ncn[nH]1. The lowest BCUT2D eigenvalue weighted by atomic mass is 10.2. The smallest absolute Gasteiger partial charge is 0.292 e. The number of aromatic nitrogens is 3. The molecule has 0 aliphatic carbocycles. The monoisotopic (exact) mass is 248 g/mol. The predicted molar refractivity (Wildman–Crippen MR) is 65.9 cm³/mol. The van der Waals surface area contributed by atoms with Crippen LogP contribution < -0.4 is 11.1 Å². The summed E-state index contributed by atoms with van der Waals surface area (Å²) >= 11 is 0. The van der Waals surface area contributed by atoms with Crippen LogP contribution in [0.25, 0.3) is 0 Å². The van der Waals surface area contributed by atoms with Crippen molar-refractivity contribution in [3.05, 3.63) is 40.5 Å². The minimum atomic E-state index is -0.515. The van der Waals surface area contributed by atoms with E-state index in [0.717, 1.165) is 0 Å². The lowest BCUT2D eigenvalue weighted by Gasteiger charge is -2.12. The Labute approximate surface area is 102 Å². The molecule has 4 N–H and O–H groups in total. The van der Waals surface area contributed by atoms with Crippen molar-refractivity contribution in [2.45, 2.75) is 13.0 Å². The molecule has 2 aromatic rings. The second-order valence-corrected chi connectivity index (χ2v) is 3.77. The number of nitrogens with zero attached hydrogens (tertiary/aromatic N) is 3. The molecule has 94 valence electrons. The van der Waals surface area contributed by atoms with Gasteiger partial charge in [-0.2, -0.15) is 5.10 Å². The van der Waals surface area contributed by atoms with Crippen molar-refractivity contribution in [3.8, 4) is 0 Å². The van der Waals surface area contributed by atoms with E-state index in [1.807, 2.05) is 6.92 Å². The normalized spacial score (nSPS) is 12.1. The van der Waals surface area contributed by atoms with E-state index in [-0.39, 0.29) is 17.4 Å². The van der Waals surface area contributed by atoms with Crippen LogP contribution in [0.1, 0.15) is 18.8 Å². The molecule has 1 aromatic carbocycles. The van der Waals surface area contributed by atoms with Gasteiger partial charge in [0.05, 0.1) is 11.0 Å². The molecule has 0 saturated heterocycles. The number of nitrogen functional groups attached to an aromatic ring is 1. The summed E-state index contributed by atoms with van der Waals surface area (Å²) in [4.78, 5) is 14.1. The van der Waals surface area contributed by atoms with Gasteiger partial charge in [0.2, 0.25) is 0 Å². The van der Waals surface area contributed by atoms with Gasteiger partial charge in [0.15, 0.2) is 0 Å². The summed E-state index contributed by atoms with van der Waals surface area (Å²) in [6.07, 6.45) is 1.41. The highest BCUT2D eigenvalue weighted by molar-refractivity contribution is 5.66. The van der Waals surface area contributed by atoms with Gasteiger partial charge in [-0.05, 0) is 19.1 Å². The van der Waals surface area contributed by atoms with E-state index < -0.39 is 4.92 Å². The number of hydrogen-bond donors (Lipinski definition) is 3. The van der Waals surface area contributed by atoms with E-state index in [2.05, 4.69) is 20.5 Å². The molecule has 8 heteroatoms. The van der Waals surface area contributed by atoms with Crippen molar-refractivity contribution < 1.29 is 4.92 Å². The maximum Gasteiger partial charge on any atom is 0.292 e. The van der Waals surface area contributed by atoms with Gasteiger partial charge in [-0.15, -0.1) is 0 Å². The first-order chi connectivity index (χ1) is 8.58. The lowest BCUT2D eigenvalue weighted by Crippen LogP contribution is -2.09. The summed E-state index contributed by atoms with van der Waals surface area (Å²) in [5, 5.41) is 20.2. The van der Waals surface area contributed by atoms with E-state index in [0.29, 0.717) is 11.5 Å². The van der Waals surface area contributed by atoms with Crippen LogP contribution in [0.15, 0.2) is 24.5 Å². The highest BCUT2D eigenvalue weighted by Gasteiger charge is 2.13. The summed E-state index contributed by atoms with van der Waals surface area (Å²) in [7, 11) is 0. The van der Waals surface area contributed by atoms with Crippen LogP contribution in [0, 0.1) is 10.1 Å². The van der Waals surface area contributed by atoms with Gasteiger partial charge >= 0.3 is 0 Å². The van der Waals surface area contributed by atoms with Gasteiger partial charge < -0.3 is 11.1 Å². The zero-order chi connectivity index (χ0) is 13.1. The molecular weight excluding hydrogens is 236 g/mol. The number of nitro benzene ring substituents is 1. The molecule has 2 rings (SSSR count). The molecule has 18 heavy (non-hydrogen) atoms. The molecule has 1 unspecified atom stereocenters. The average Bonchev–Trinajstić information content (AvgIpc) is 2.81.